The van der Waals surface area contributed by atoms with Gasteiger partial charge in [-0.25, -0.2) is 19.3 Å². The lowest BCUT2D eigenvalue weighted by Gasteiger charge is -2.33. The Hall–Kier alpha value is -3.86. The van der Waals surface area contributed by atoms with Crippen LogP contribution < -0.4 is 10.6 Å². The number of benzene rings is 1. The average Bonchev–Trinajstić information content (AvgIpc) is 2.91. The molecule has 1 fully saturated rings. The zero-order chi connectivity index (χ0) is 28.2. The molecule has 0 spiro atoms. The minimum absolute atomic E-state index is 0.0335. The molecule has 3 heterocycles. The van der Waals surface area contributed by atoms with Gasteiger partial charge in [-0.15, -0.1) is 0 Å². The Kier molecular flexibility index (Phi) is 8.59. The lowest BCUT2D eigenvalue weighted by molar-refractivity contribution is -0.0688. The van der Waals surface area contributed by atoms with Crippen LogP contribution in [-0.2, 0) is 6.42 Å². The quantitative estimate of drug-likeness (QED) is 0.388. The van der Waals surface area contributed by atoms with Gasteiger partial charge < -0.3 is 15.5 Å². The van der Waals surface area contributed by atoms with Crippen molar-refractivity contribution in [3.05, 3.63) is 72.1 Å². The van der Waals surface area contributed by atoms with Crippen LogP contribution in [-0.4, -0.2) is 70.8 Å². The highest BCUT2D eigenvalue weighted by Crippen LogP contribution is 2.37. The van der Waals surface area contributed by atoms with Crippen molar-refractivity contribution in [3.63, 3.8) is 0 Å². The minimum Gasteiger partial charge on any atom is -0.379 e. The number of allylic oxidation sites excluding steroid dienone is 1. The summed E-state index contributed by atoms with van der Waals surface area (Å²) in [4.78, 5) is 26.6. The molecule has 1 saturated heterocycles. The first kappa shape index (κ1) is 28.2. The van der Waals surface area contributed by atoms with Gasteiger partial charge in [0.1, 0.15) is 6.17 Å². The maximum absolute atomic E-state index is 14.7. The van der Waals surface area contributed by atoms with Crippen molar-refractivity contribution in [2.45, 2.75) is 38.2 Å². The minimum atomic E-state index is -4.69. The summed E-state index contributed by atoms with van der Waals surface area (Å²) in [5.74, 6) is -0.441. The first-order chi connectivity index (χ1) is 18.6. The number of piperidine rings is 1. The van der Waals surface area contributed by atoms with Crippen molar-refractivity contribution in [2.24, 2.45) is 0 Å². The molecule has 4 rings (SSSR count). The molecule has 1 aliphatic heterocycles. The van der Waals surface area contributed by atoms with E-state index in [-0.39, 0.29) is 35.7 Å². The number of anilines is 1. The summed E-state index contributed by atoms with van der Waals surface area (Å²) in [6.45, 7) is 6.21. The number of aryl methyl sites for hydroxylation is 1. The average molecular weight is 543 g/mol. The van der Waals surface area contributed by atoms with Gasteiger partial charge in [-0.1, -0.05) is 31.7 Å². The summed E-state index contributed by atoms with van der Waals surface area (Å²) in [6, 6.07) is 7.75. The summed E-state index contributed by atoms with van der Waals surface area (Å²) >= 11 is 0. The third kappa shape index (κ3) is 6.78. The van der Waals surface area contributed by atoms with Crippen molar-refractivity contribution in [1.82, 2.24) is 25.2 Å². The van der Waals surface area contributed by atoms with Gasteiger partial charge in [-0.2, -0.15) is 13.2 Å². The Bertz CT molecular complexity index is 1390. The van der Waals surface area contributed by atoms with E-state index in [1.54, 1.807) is 36.4 Å². The molecule has 1 amide bonds. The summed E-state index contributed by atoms with van der Waals surface area (Å²) in [7, 11) is 1.84. The number of rotatable bonds is 8. The maximum Gasteiger partial charge on any atom is 0.417 e. The third-order valence-corrected chi connectivity index (χ3v) is 6.56. The van der Waals surface area contributed by atoms with Crippen LogP contribution in [0.25, 0.3) is 22.4 Å². The Morgan fingerprint density at radius 1 is 1.23 bits per heavy atom. The van der Waals surface area contributed by atoms with E-state index in [2.05, 4.69) is 32.2 Å². The maximum atomic E-state index is 14.7. The summed E-state index contributed by atoms with van der Waals surface area (Å²) in [6.07, 6.45) is -0.0184. The van der Waals surface area contributed by atoms with E-state index in [0.29, 0.717) is 30.5 Å². The number of likely N-dealkylation sites (tertiary alicyclic amines) is 1. The van der Waals surface area contributed by atoms with Crippen LogP contribution >= 0.6 is 0 Å². The van der Waals surface area contributed by atoms with Crippen LogP contribution in [0.15, 0.2) is 49.2 Å². The fourth-order valence-electron chi connectivity index (χ4n) is 4.40. The van der Waals surface area contributed by atoms with Gasteiger partial charge in [-0.05, 0) is 44.2 Å². The molecule has 3 aromatic rings. The van der Waals surface area contributed by atoms with Crippen LogP contribution in [0, 0.1) is 0 Å². The van der Waals surface area contributed by atoms with E-state index in [1.807, 2.05) is 18.9 Å². The third-order valence-electron chi connectivity index (χ3n) is 6.56. The topological polar surface area (TPSA) is 83.0 Å². The van der Waals surface area contributed by atoms with E-state index in [9.17, 15) is 22.4 Å². The van der Waals surface area contributed by atoms with E-state index in [0.717, 1.165) is 5.69 Å². The largest absolute Gasteiger partial charge is 0.417 e. The number of nitrogens with one attached hydrogen (secondary N) is 2. The van der Waals surface area contributed by atoms with Crippen LogP contribution in [0.5, 0.6) is 0 Å². The number of hydrogen-bond acceptors (Lipinski definition) is 6. The molecule has 7 nitrogen and oxygen atoms in total. The molecule has 0 saturated carbocycles. The van der Waals surface area contributed by atoms with Crippen molar-refractivity contribution in [1.29, 1.82) is 0 Å². The molecular formula is C28H30F4N6O. The predicted molar refractivity (Wildman–Crippen MR) is 144 cm³/mol. The monoisotopic (exact) mass is 542 g/mol. The second-order valence-electron chi connectivity index (χ2n) is 9.43. The summed E-state index contributed by atoms with van der Waals surface area (Å²) < 4.78 is 55.8. The smallest absolute Gasteiger partial charge is 0.379 e. The summed E-state index contributed by atoms with van der Waals surface area (Å²) in [5, 5.41) is 6.58. The number of hydrogen-bond donors (Lipinski definition) is 2. The molecule has 206 valence electrons. The van der Waals surface area contributed by atoms with Crippen molar-refractivity contribution in [3.8, 4) is 0 Å². The van der Waals surface area contributed by atoms with E-state index in [4.69, 9.17) is 0 Å². The van der Waals surface area contributed by atoms with Crippen molar-refractivity contribution < 1.29 is 22.4 Å². The van der Waals surface area contributed by atoms with Crippen LogP contribution in [0.3, 0.4) is 0 Å². The number of pyridine rings is 1. The van der Waals surface area contributed by atoms with Crippen LogP contribution in [0.4, 0.5) is 23.2 Å². The highest BCUT2D eigenvalue weighted by atomic mass is 19.4. The number of carbonyl (C=O) groups is 1. The van der Waals surface area contributed by atoms with Gasteiger partial charge in [-0.3, -0.25) is 4.79 Å². The van der Waals surface area contributed by atoms with Gasteiger partial charge in [0.05, 0.1) is 23.0 Å². The number of halogens is 4. The standard InChI is InChI=1S/C28H30F4N6O/c1-4-18-10-13-33-26(36-18)27(39)34-12-6-7-19-15-21-20(25(35-19)17(2)28(30,31)32)8-5-9-23(21)37-24-11-14-38(3)16-22(24)29/h5-10,13,15,22,24,37H,2,4,11-12,14,16H2,1,3H3,(H,34,39)/b7-6+/t22-,24+/m0/s1. The molecule has 0 bridgehead atoms. The molecule has 2 atom stereocenters. The van der Waals surface area contributed by atoms with Crippen molar-refractivity contribution >= 4 is 34.0 Å². The Morgan fingerprint density at radius 3 is 2.74 bits per heavy atom. The molecule has 1 aromatic carbocycles. The zero-order valence-electron chi connectivity index (χ0n) is 21.7. The highest BCUT2D eigenvalue weighted by molar-refractivity contribution is 6.01. The SMILES string of the molecule is C=C(c1nc(/C=C/CNC(=O)c2nccc(CC)n2)cc2c(N[C@@H]3CCN(C)C[C@@H]3F)cccc12)C(F)(F)F. The lowest BCUT2D eigenvalue weighted by atomic mass is 9.99. The first-order valence-electron chi connectivity index (χ1n) is 12.6. The normalized spacial score (nSPS) is 18.4. The molecular weight excluding hydrogens is 512 g/mol. The molecule has 39 heavy (non-hydrogen) atoms. The molecule has 2 aromatic heterocycles. The Labute approximate surface area is 224 Å². The summed E-state index contributed by atoms with van der Waals surface area (Å²) in [5.41, 5.74) is 0.0865. The molecule has 11 heteroatoms. The second kappa shape index (κ2) is 11.9. The fraction of sp³-hybridized carbons (Fsp3) is 0.357. The number of alkyl halides is 4. The van der Waals surface area contributed by atoms with Crippen molar-refractivity contribution in [2.75, 3.05) is 32.0 Å². The molecule has 1 aliphatic rings. The second-order valence-corrected chi connectivity index (χ2v) is 9.43. The highest BCUT2D eigenvalue weighted by Gasteiger charge is 2.35. The number of aromatic nitrogens is 3. The number of carbonyl (C=O) groups excluding carboxylic acids is 1. The van der Waals surface area contributed by atoms with E-state index in [1.165, 1.54) is 12.3 Å². The zero-order valence-corrected chi connectivity index (χ0v) is 21.7. The van der Waals surface area contributed by atoms with Gasteiger partial charge in [0.15, 0.2) is 0 Å². The number of amides is 1. The van der Waals surface area contributed by atoms with E-state index >= 15 is 0 Å². The van der Waals surface area contributed by atoms with E-state index < -0.39 is 29.9 Å². The van der Waals surface area contributed by atoms with Gasteiger partial charge in [0.2, 0.25) is 5.82 Å². The van der Waals surface area contributed by atoms with Gasteiger partial charge >= 0.3 is 6.18 Å². The molecule has 2 N–H and O–H groups in total. The number of nitrogens with zero attached hydrogens (tertiary/aromatic N) is 4. The van der Waals surface area contributed by atoms with Gasteiger partial charge in [0, 0.05) is 48.0 Å². The molecule has 0 radical (unpaired) electrons. The Balaban J connectivity index is 1.61. The van der Waals surface area contributed by atoms with Crippen LogP contribution in [0.2, 0.25) is 0 Å². The Morgan fingerprint density at radius 2 is 2.03 bits per heavy atom. The predicted octanol–water partition coefficient (Wildman–Crippen LogP) is 5.06. The number of fused-ring (bicyclic) bond motifs is 1. The lowest BCUT2D eigenvalue weighted by Crippen LogP contribution is -2.46. The first-order valence-corrected chi connectivity index (χ1v) is 12.6. The van der Waals surface area contributed by atoms with Crippen LogP contribution in [0.1, 0.15) is 41.0 Å². The molecule has 0 unspecified atom stereocenters. The van der Waals surface area contributed by atoms with Gasteiger partial charge in [0.25, 0.3) is 5.91 Å². The molecule has 0 aliphatic carbocycles. The fourth-order valence-corrected chi connectivity index (χ4v) is 4.40.